The third-order valence-electron chi connectivity index (χ3n) is 5.65. The predicted octanol–water partition coefficient (Wildman–Crippen LogP) is 4.64. The van der Waals surface area contributed by atoms with E-state index < -0.39 is 9.73 Å². The van der Waals surface area contributed by atoms with Crippen molar-refractivity contribution >= 4 is 39.0 Å². The van der Waals surface area contributed by atoms with Crippen LogP contribution in [-0.4, -0.2) is 38.7 Å². The molecule has 36 heavy (non-hydrogen) atoms. The molecule has 0 spiro atoms. The summed E-state index contributed by atoms with van der Waals surface area (Å²) in [6, 6.07) is 7.15. The molecule has 0 fully saturated rings. The van der Waals surface area contributed by atoms with Crippen molar-refractivity contribution in [2.24, 2.45) is 11.4 Å². The van der Waals surface area contributed by atoms with Crippen LogP contribution in [0.1, 0.15) is 23.6 Å². The fraction of sp³-hybridized carbons (Fsp3) is 0.269. The summed E-state index contributed by atoms with van der Waals surface area (Å²) < 4.78 is 24.4. The number of pyridine rings is 2. The minimum Gasteiger partial charge on any atom is -0.437 e. The van der Waals surface area contributed by atoms with E-state index in [4.69, 9.17) is 16.3 Å². The topological polar surface area (TPSA) is 103 Å². The van der Waals surface area contributed by atoms with E-state index in [1.165, 1.54) is 23.3 Å². The zero-order chi connectivity index (χ0) is 26.2. The van der Waals surface area contributed by atoms with Crippen molar-refractivity contribution in [3.63, 3.8) is 0 Å². The average Bonchev–Trinajstić information content (AvgIpc) is 3.25. The van der Waals surface area contributed by atoms with Crippen LogP contribution in [0.15, 0.2) is 51.4 Å². The summed E-state index contributed by atoms with van der Waals surface area (Å²) in [6.45, 7) is 4.19. The third-order valence-corrected chi connectivity index (χ3v) is 6.59. The molecule has 4 rings (SSSR count). The highest BCUT2D eigenvalue weighted by molar-refractivity contribution is 7.92. The Hall–Kier alpha value is -3.43. The van der Waals surface area contributed by atoms with Gasteiger partial charge >= 0.3 is 0 Å². The molecule has 0 unspecified atom stereocenters. The second-order valence-corrected chi connectivity index (χ2v) is 11.8. The van der Waals surface area contributed by atoms with Gasteiger partial charge in [0.05, 0.1) is 16.9 Å². The van der Waals surface area contributed by atoms with E-state index in [1.54, 1.807) is 31.5 Å². The lowest BCUT2D eigenvalue weighted by Crippen LogP contribution is -2.26. The molecule has 0 bridgehead atoms. The summed E-state index contributed by atoms with van der Waals surface area (Å²) in [5.41, 5.74) is 3.82. The van der Waals surface area contributed by atoms with Gasteiger partial charge in [-0.2, -0.15) is 4.36 Å². The highest BCUT2D eigenvalue weighted by Gasteiger charge is 2.26. The second kappa shape index (κ2) is 9.91. The Labute approximate surface area is 215 Å². The van der Waals surface area contributed by atoms with Crippen molar-refractivity contribution < 1.29 is 13.7 Å². The van der Waals surface area contributed by atoms with Crippen LogP contribution in [0.25, 0.3) is 17.2 Å². The number of nitrogens with one attached hydrogen (secondary N) is 1. The zero-order valence-electron chi connectivity index (χ0n) is 20.7. The van der Waals surface area contributed by atoms with Crippen molar-refractivity contribution in [3.05, 3.63) is 74.3 Å². The molecule has 10 heteroatoms. The first kappa shape index (κ1) is 25.7. The Kier molecular flexibility index (Phi) is 7.06. The molecule has 188 valence electrons. The lowest BCUT2D eigenvalue weighted by Gasteiger charge is -2.16. The quantitative estimate of drug-likeness (QED) is 0.504. The lowest BCUT2D eigenvalue weighted by molar-refractivity contribution is -0.117. The maximum absolute atomic E-state index is 13.0. The number of nitrogens with zero attached hydrogens (tertiary/aromatic N) is 3. The molecule has 3 aromatic rings. The number of rotatable bonds is 6. The average molecular weight is 527 g/mol. The molecule has 0 saturated heterocycles. The third kappa shape index (κ3) is 5.22. The summed E-state index contributed by atoms with van der Waals surface area (Å²) in [4.78, 5) is 30.0. The largest absolute Gasteiger partial charge is 0.437 e. The maximum Gasteiger partial charge on any atom is 0.254 e. The Bertz CT molecular complexity index is 1570. The number of halogens is 1. The van der Waals surface area contributed by atoms with E-state index in [0.29, 0.717) is 50.8 Å². The van der Waals surface area contributed by atoms with E-state index in [-0.39, 0.29) is 23.8 Å². The number of hydrogen-bond donors (Lipinski definition) is 1. The SMILES string of the molecule is CCNC(=O)C1=Cc2c(-c3cc(N=S(C)(C)=O)cnc3Oc3c(C)cccc3Cl)cn(C)c(=O)c2C1. The summed E-state index contributed by atoms with van der Waals surface area (Å²) in [5.74, 6) is 0.473. The Balaban J connectivity index is 1.97. The molecule has 0 atom stereocenters. The van der Waals surface area contributed by atoms with Gasteiger partial charge in [-0.1, -0.05) is 23.7 Å². The minimum atomic E-state index is -2.46. The summed E-state index contributed by atoms with van der Waals surface area (Å²) in [5, 5.41) is 3.21. The molecule has 1 N–H and O–H groups in total. The van der Waals surface area contributed by atoms with E-state index in [0.717, 1.165) is 5.56 Å². The summed E-state index contributed by atoms with van der Waals surface area (Å²) in [6.07, 6.45) is 8.19. The monoisotopic (exact) mass is 526 g/mol. The molecule has 0 radical (unpaired) electrons. The number of benzene rings is 1. The van der Waals surface area contributed by atoms with Gasteiger partial charge < -0.3 is 14.6 Å². The van der Waals surface area contributed by atoms with Crippen LogP contribution in [0.5, 0.6) is 11.6 Å². The first-order chi connectivity index (χ1) is 17.0. The molecule has 1 aliphatic rings. The lowest BCUT2D eigenvalue weighted by atomic mass is 10.00. The van der Waals surface area contributed by atoms with E-state index in [9.17, 15) is 13.8 Å². The molecule has 0 saturated carbocycles. The van der Waals surface area contributed by atoms with Gasteiger partial charge in [-0.15, -0.1) is 0 Å². The zero-order valence-corrected chi connectivity index (χ0v) is 22.3. The smallest absolute Gasteiger partial charge is 0.254 e. The fourth-order valence-corrected chi connectivity index (χ4v) is 4.93. The van der Waals surface area contributed by atoms with Crippen molar-refractivity contribution in [1.82, 2.24) is 14.9 Å². The molecule has 1 aromatic carbocycles. The molecule has 2 heterocycles. The number of likely N-dealkylation sites (N-methyl/N-ethyl adjacent to an activating group) is 1. The number of carbonyl (C=O) groups is 1. The molecule has 0 aliphatic heterocycles. The number of aryl methyl sites for hydroxylation is 2. The molecule has 1 amide bonds. The van der Waals surface area contributed by atoms with Gasteiger partial charge in [0.25, 0.3) is 5.56 Å². The van der Waals surface area contributed by atoms with Gasteiger partial charge in [-0.3, -0.25) is 9.59 Å². The predicted molar refractivity (Wildman–Crippen MR) is 144 cm³/mol. The van der Waals surface area contributed by atoms with Gasteiger partial charge in [0.15, 0.2) is 5.75 Å². The molecule has 1 aliphatic carbocycles. The van der Waals surface area contributed by atoms with E-state index in [2.05, 4.69) is 14.7 Å². The first-order valence-corrected chi connectivity index (χ1v) is 14.0. The number of para-hydroxylation sites is 1. The minimum absolute atomic E-state index is 0.187. The molecular formula is C26H27ClN4O4S. The van der Waals surface area contributed by atoms with Gasteiger partial charge in [-0.05, 0) is 43.2 Å². The maximum atomic E-state index is 13.0. The highest BCUT2D eigenvalue weighted by Crippen LogP contribution is 2.41. The molecule has 8 nitrogen and oxygen atoms in total. The van der Waals surface area contributed by atoms with E-state index in [1.807, 2.05) is 26.0 Å². The number of fused-ring (bicyclic) bond motifs is 1. The Morgan fingerprint density at radius 1 is 1.31 bits per heavy atom. The van der Waals surface area contributed by atoms with Crippen LogP contribution >= 0.6 is 11.6 Å². The number of carbonyl (C=O) groups excluding carboxylic acids is 1. The second-order valence-electron chi connectivity index (χ2n) is 8.86. The van der Waals surface area contributed by atoms with Gasteiger partial charge in [-0.25, -0.2) is 9.19 Å². The fourth-order valence-electron chi connectivity index (χ4n) is 4.06. The van der Waals surface area contributed by atoms with Crippen LogP contribution in [0.2, 0.25) is 5.02 Å². The van der Waals surface area contributed by atoms with Crippen molar-refractivity contribution in [3.8, 4) is 22.8 Å². The van der Waals surface area contributed by atoms with Gasteiger partial charge in [0.2, 0.25) is 11.8 Å². The van der Waals surface area contributed by atoms with Crippen molar-refractivity contribution in [2.75, 3.05) is 19.1 Å². The highest BCUT2D eigenvalue weighted by atomic mass is 35.5. The first-order valence-electron chi connectivity index (χ1n) is 11.3. The number of aromatic nitrogens is 2. The number of amides is 1. The number of ether oxygens (including phenoxy) is 1. The van der Waals surface area contributed by atoms with Crippen LogP contribution in [0.3, 0.4) is 0 Å². The Morgan fingerprint density at radius 3 is 2.72 bits per heavy atom. The van der Waals surface area contributed by atoms with Crippen LogP contribution in [-0.2, 0) is 28.0 Å². The van der Waals surface area contributed by atoms with Gasteiger partial charge in [0, 0.05) is 70.7 Å². The summed E-state index contributed by atoms with van der Waals surface area (Å²) >= 11 is 6.41. The number of hydrogen-bond acceptors (Lipinski definition) is 6. The normalized spacial score (nSPS) is 12.7. The van der Waals surface area contributed by atoms with Crippen molar-refractivity contribution in [2.45, 2.75) is 20.3 Å². The van der Waals surface area contributed by atoms with Crippen molar-refractivity contribution in [1.29, 1.82) is 0 Å². The standard InChI is InChI=1S/C26H27ClN4O4S/c1-6-28-24(32)16-10-18-20(11-16)26(33)31(3)14-21(18)19-12-17(30-36(4,5)34)13-29-25(19)35-23-15(2)8-7-9-22(23)27/h7-10,12-14H,6,11H2,1-5H3,(H,28,32). The molecule has 2 aromatic heterocycles. The molecular weight excluding hydrogens is 500 g/mol. The van der Waals surface area contributed by atoms with Gasteiger partial charge in [0.1, 0.15) is 0 Å². The van der Waals surface area contributed by atoms with E-state index >= 15 is 0 Å². The van der Waals surface area contributed by atoms with Crippen LogP contribution in [0, 0.1) is 6.92 Å². The summed E-state index contributed by atoms with van der Waals surface area (Å²) in [7, 11) is -0.807. The van der Waals surface area contributed by atoms with Crippen LogP contribution < -0.4 is 15.6 Å². The Morgan fingerprint density at radius 2 is 2.06 bits per heavy atom. The van der Waals surface area contributed by atoms with Crippen LogP contribution in [0.4, 0.5) is 5.69 Å².